The van der Waals surface area contributed by atoms with Gasteiger partial charge in [-0.15, -0.1) is 0 Å². The van der Waals surface area contributed by atoms with Crippen LogP contribution in [0, 0.1) is 5.82 Å². The highest BCUT2D eigenvalue weighted by molar-refractivity contribution is 5.73. The molecular weight excluding hydrogens is 225 g/mol. The number of benzene rings is 1. The summed E-state index contributed by atoms with van der Waals surface area (Å²) in [6.07, 6.45) is -0.251. The van der Waals surface area contributed by atoms with Crippen molar-refractivity contribution >= 4 is 5.97 Å². The number of esters is 1. The molecule has 0 amide bonds. The summed E-state index contributed by atoms with van der Waals surface area (Å²) in [5, 5.41) is 0. The summed E-state index contributed by atoms with van der Waals surface area (Å²) in [6.45, 7) is -3.07. The minimum atomic E-state index is -3.07. The summed E-state index contributed by atoms with van der Waals surface area (Å²) in [7, 11) is 1.17. The molecule has 0 aromatic heterocycles. The maximum absolute atomic E-state index is 12.8. The SMILES string of the molecule is COC(=O)Cc1ccc(F)cc1OC(F)F. The third-order valence-electron chi connectivity index (χ3n) is 1.81. The second-order valence-corrected chi connectivity index (χ2v) is 2.88. The van der Waals surface area contributed by atoms with Crippen molar-refractivity contribution in [3.8, 4) is 5.75 Å². The first-order valence-electron chi connectivity index (χ1n) is 4.33. The summed E-state index contributed by atoms with van der Waals surface area (Å²) in [5.74, 6) is -1.70. The van der Waals surface area contributed by atoms with E-state index in [1.807, 2.05) is 0 Å². The third-order valence-corrected chi connectivity index (χ3v) is 1.81. The molecule has 16 heavy (non-hydrogen) atoms. The molecule has 0 aliphatic rings. The fourth-order valence-electron chi connectivity index (χ4n) is 1.11. The van der Waals surface area contributed by atoms with Crippen LogP contribution in [0.3, 0.4) is 0 Å². The van der Waals surface area contributed by atoms with Crippen LogP contribution in [-0.4, -0.2) is 19.7 Å². The van der Waals surface area contributed by atoms with Gasteiger partial charge in [-0.3, -0.25) is 4.79 Å². The molecule has 0 saturated carbocycles. The second kappa shape index (κ2) is 5.39. The summed E-state index contributed by atoms with van der Waals surface area (Å²) in [4.78, 5) is 10.9. The van der Waals surface area contributed by atoms with E-state index < -0.39 is 18.4 Å². The molecule has 3 nitrogen and oxygen atoms in total. The number of hydrogen-bond acceptors (Lipinski definition) is 3. The molecule has 0 unspecified atom stereocenters. The highest BCUT2D eigenvalue weighted by Crippen LogP contribution is 2.22. The average molecular weight is 234 g/mol. The molecular formula is C10H9F3O3. The van der Waals surface area contributed by atoms with Crippen LogP contribution in [0.5, 0.6) is 5.75 Å². The molecule has 0 spiro atoms. The van der Waals surface area contributed by atoms with Crippen LogP contribution in [0.1, 0.15) is 5.56 Å². The maximum Gasteiger partial charge on any atom is 0.387 e. The first-order valence-corrected chi connectivity index (χ1v) is 4.33. The van der Waals surface area contributed by atoms with Gasteiger partial charge in [0.1, 0.15) is 11.6 Å². The molecule has 1 aromatic carbocycles. The molecule has 0 radical (unpaired) electrons. The molecule has 0 aliphatic carbocycles. The Bertz CT molecular complexity index is 380. The van der Waals surface area contributed by atoms with E-state index in [1.54, 1.807) is 0 Å². The molecule has 0 saturated heterocycles. The maximum atomic E-state index is 12.8. The van der Waals surface area contributed by atoms with Gasteiger partial charge in [-0.1, -0.05) is 6.07 Å². The van der Waals surface area contributed by atoms with Crippen molar-refractivity contribution in [3.05, 3.63) is 29.6 Å². The van der Waals surface area contributed by atoms with E-state index in [2.05, 4.69) is 9.47 Å². The molecule has 0 heterocycles. The van der Waals surface area contributed by atoms with Crippen molar-refractivity contribution in [3.63, 3.8) is 0 Å². The Hall–Kier alpha value is -1.72. The van der Waals surface area contributed by atoms with Crippen LogP contribution in [0.4, 0.5) is 13.2 Å². The minimum Gasteiger partial charge on any atom is -0.469 e. The first-order chi connectivity index (χ1) is 7.52. The quantitative estimate of drug-likeness (QED) is 0.749. The van der Waals surface area contributed by atoms with Crippen LogP contribution >= 0.6 is 0 Å². The van der Waals surface area contributed by atoms with Crippen molar-refractivity contribution < 1.29 is 27.4 Å². The number of carbonyl (C=O) groups excluding carboxylic acids is 1. The van der Waals surface area contributed by atoms with E-state index in [1.165, 1.54) is 13.2 Å². The number of methoxy groups -OCH3 is 1. The van der Waals surface area contributed by atoms with Gasteiger partial charge in [-0.05, 0) is 6.07 Å². The van der Waals surface area contributed by atoms with Crippen molar-refractivity contribution in [2.24, 2.45) is 0 Å². The Morgan fingerprint density at radius 1 is 1.44 bits per heavy atom. The van der Waals surface area contributed by atoms with Gasteiger partial charge >= 0.3 is 12.6 Å². The van der Waals surface area contributed by atoms with Crippen LogP contribution < -0.4 is 4.74 Å². The highest BCUT2D eigenvalue weighted by atomic mass is 19.3. The summed E-state index contributed by atoms with van der Waals surface area (Å²) in [5.41, 5.74) is 0.147. The Morgan fingerprint density at radius 2 is 2.12 bits per heavy atom. The molecule has 0 aliphatic heterocycles. The predicted octanol–water partition coefficient (Wildman–Crippen LogP) is 2.14. The van der Waals surface area contributed by atoms with Crippen molar-refractivity contribution in [2.45, 2.75) is 13.0 Å². The van der Waals surface area contributed by atoms with Gasteiger partial charge in [0.15, 0.2) is 0 Å². The Balaban J connectivity index is 2.93. The highest BCUT2D eigenvalue weighted by Gasteiger charge is 2.13. The smallest absolute Gasteiger partial charge is 0.387 e. The molecule has 0 atom stereocenters. The minimum absolute atomic E-state index is 0.147. The molecule has 6 heteroatoms. The topological polar surface area (TPSA) is 35.5 Å². The van der Waals surface area contributed by atoms with Gasteiger partial charge in [0.05, 0.1) is 13.5 Å². The van der Waals surface area contributed by atoms with E-state index in [0.717, 1.165) is 12.1 Å². The number of halogens is 3. The van der Waals surface area contributed by atoms with Gasteiger partial charge in [0.25, 0.3) is 0 Å². The molecule has 88 valence electrons. The van der Waals surface area contributed by atoms with E-state index in [-0.39, 0.29) is 17.7 Å². The van der Waals surface area contributed by atoms with E-state index in [0.29, 0.717) is 0 Å². The lowest BCUT2D eigenvalue weighted by Gasteiger charge is -2.09. The predicted molar refractivity (Wildman–Crippen MR) is 48.8 cm³/mol. The van der Waals surface area contributed by atoms with Gasteiger partial charge in [0.2, 0.25) is 0 Å². The van der Waals surface area contributed by atoms with Gasteiger partial charge in [0, 0.05) is 11.6 Å². The molecule has 1 rings (SSSR count). The van der Waals surface area contributed by atoms with E-state index in [9.17, 15) is 18.0 Å². The van der Waals surface area contributed by atoms with Gasteiger partial charge < -0.3 is 9.47 Å². The van der Waals surface area contributed by atoms with Crippen LogP contribution in [0.2, 0.25) is 0 Å². The van der Waals surface area contributed by atoms with Crippen molar-refractivity contribution in [1.82, 2.24) is 0 Å². The number of rotatable bonds is 4. The van der Waals surface area contributed by atoms with Crippen LogP contribution in [0.25, 0.3) is 0 Å². The number of hydrogen-bond donors (Lipinski definition) is 0. The lowest BCUT2D eigenvalue weighted by Crippen LogP contribution is -2.09. The largest absolute Gasteiger partial charge is 0.469 e. The van der Waals surface area contributed by atoms with Gasteiger partial charge in [-0.2, -0.15) is 8.78 Å². The second-order valence-electron chi connectivity index (χ2n) is 2.88. The Kier molecular flexibility index (Phi) is 4.16. The van der Waals surface area contributed by atoms with Crippen molar-refractivity contribution in [1.29, 1.82) is 0 Å². The lowest BCUT2D eigenvalue weighted by molar-refractivity contribution is -0.139. The fraction of sp³-hybridized carbons (Fsp3) is 0.300. The molecule has 0 fully saturated rings. The van der Waals surface area contributed by atoms with E-state index in [4.69, 9.17) is 0 Å². The normalized spacial score (nSPS) is 10.3. The molecule has 0 N–H and O–H groups in total. The molecule has 1 aromatic rings. The van der Waals surface area contributed by atoms with Gasteiger partial charge in [-0.25, -0.2) is 4.39 Å². The molecule has 0 bridgehead atoms. The average Bonchev–Trinajstić information content (AvgIpc) is 2.21. The van der Waals surface area contributed by atoms with Crippen LogP contribution in [0.15, 0.2) is 18.2 Å². The fourth-order valence-corrected chi connectivity index (χ4v) is 1.11. The monoisotopic (exact) mass is 234 g/mol. The number of carbonyl (C=O) groups is 1. The zero-order valence-corrected chi connectivity index (χ0v) is 8.38. The lowest BCUT2D eigenvalue weighted by atomic mass is 10.1. The Morgan fingerprint density at radius 3 is 2.69 bits per heavy atom. The summed E-state index contributed by atoms with van der Waals surface area (Å²) >= 11 is 0. The zero-order chi connectivity index (χ0) is 12.1. The third kappa shape index (κ3) is 3.45. The zero-order valence-electron chi connectivity index (χ0n) is 8.38. The van der Waals surface area contributed by atoms with Crippen LogP contribution in [-0.2, 0) is 16.0 Å². The van der Waals surface area contributed by atoms with Crippen molar-refractivity contribution in [2.75, 3.05) is 7.11 Å². The summed E-state index contributed by atoms with van der Waals surface area (Å²) in [6, 6.07) is 3.05. The number of alkyl halides is 2. The summed E-state index contributed by atoms with van der Waals surface area (Å²) < 4.78 is 45.2. The van der Waals surface area contributed by atoms with E-state index >= 15 is 0 Å². The first kappa shape index (κ1) is 12.4. The number of ether oxygens (including phenoxy) is 2. The standard InChI is InChI=1S/C10H9F3O3/c1-15-9(14)4-6-2-3-7(11)5-8(6)16-10(12)13/h2-3,5,10H,4H2,1H3. The Labute approximate surface area is 89.8 Å².